The number of carbonyl (C=O) groups is 2. The van der Waals surface area contributed by atoms with E-state index in [9.17, 15) is 9.59 Å². The lowest BCUT2D eigenvalue weighted by Gasteiger charge is -2.17. The van der Waals surface area contributed by atoms with Crippen molar-refractivity contribution in [1.29, 1.82) is 0 Å². The molecule has 1 fully saturated rings. The van der Waals surface area contributed by atoms with Crippen LogP contribution in [-0.4, -0.2) is 29.7 Å². The predicted molar refractivity (Wildman–Crippen MR) is 80.6 cm³/mol. The van der Waals surface area contributed by atoms with E-state index >= 15 is 0 Å². The van der Waals surface area contributed by atoms with Crippen molar-refractivity contribution in [2.75, 3.05) is 16.8 Å². The molecule has 0 spiro atoms. The zero-order valence-corrected chi connectivity index (χ0v) is 12.1. The molecule has 1 aromatic heterocycles. The van der Waals surface area contributed by atoms with E-state index in [4.69, 9.17) is 0 Å². The molecule has 1 aliphatic rings. The molecule has 114 valence electrons. The fraction of sp³-hybridized carbons (Fsp3) is 0.267. The second-order valence-electron chi connectivity index (χ2n) is 5.22. The van der Waals surface area contributed by atoms with Gasteiger partial charge in [-0.1, -0.05) is 22.9 Å². The van der Waals surface area contributed by atoms with Crippen molar-refractivity contribution in [1.82, 2.24) is 10.5 Å². The van der Waals surface area contributed by atoms with Gasteiger partial charge in [-0.05, 0) is 19.1 Å². The van der Waals surface area contributed by atoms with Crippen molar-refractivity contribution in [3.63, 3.8) is 0 Å². The van der Waals surface area contributed by atoms with Gasteiger partial charge in [0, 0.05) is 24.7 Å². The molecule has 1 aliphatic heterocycles. The Hall–Kier alpha value is -2.83. The van der Waals surface area contributed by atoms with E-state index in [-0.39, 0.29) is 18.4 Å². The zero-order chi connectivity index (χ0) is 15.5. The van der Waals surface area contributed by atoms with Gasteiger partial charge in [-0.25, -0.2) is 4.79 Å². The molecule has 3 amide bonds. The van der Waals surface area contributed by atoms with E-state index in [1.54, 1.807) is 4.90 Å². The van der Waals surface area contributed by atoms with Crippen LogP contribution in [0.5, 0.6) is 0 Å². The van der Waals surface area contributed by atoms with Crippen LogP contribution in [-0.2, 0) is 4.79 Å². The lowest BCUT2D eigenvalue weighted by Crippen LogP contribution is -2.39. The van der Waals surface area contributed by atoms with Crippen LogP contribution in [0.15, 0.2) is 41.1 Å². The van der Waals surface area contributed by atoms with Gasteiger partial charge in [0.2, 0.25) is 5.91 Å². The van der Waals surface area contributed by atoms with Crippen LogP contribution < -0.4 is 15.5 Å². The molecule has 2 heterocycles. The van der Waals surface area contributed by atoms with E-state index in [0.717, 1.165) is 11.3 Å². The summed E-state index contributed by atoms with van der Waals surface area (Å²) >= 11 is 0. The highest BCUT2D eigenvalue weighted by molar-refractivity contribution is 5.97. The second kappa shape index (κ2) is 5.88. The smallest absolute Gasteiger partial charge is 0.320 e. The van der Waals surface area contributed by atoms with E-state index in [0.29, 0.717) is 12.4 Å². The topological polar surface area (TPSA) is 87.5 Å². The van der Waals surface area contributed by atoms with Crippen LogP contribution >= 0.6 is 0 Å². The van der Waals surface area contributed by atoms with Crippen LogP contribution in [0.4, 0.5) is 16.3 Å². The SMILES string of the molecule is Cc1ccc(N2C[C@@H](NC(=O)Nc3ccon3)CC2=O)cc1. The molecule has 0 saturated carbocycles. The number of aryl methyl sites for hydroxylation is 1. The number of hydrogen-bond acceptors (Lipinski definition) is 4. The molecule has 7 nitrogen and oxygen atoms in total. The number of nitrogens with one attached hydrogen (secondary N) is 2. The Morgan fingerprint density at radius 1 is 1.32 bits per heavy atom. The summed E-state index contributed by atoms with van der Waals surface area (Å²) in [6, 6.07) is 8.63. The molecular formula is C15H16N4O3. The summed E-state index contributed by atoms with van der Waals surface area (Å²) in [5.41, 5.74) is 1.98. The number of benzene rings is 1. The summed E-state index contributed by atoms with van der Waals surface area (Å²) < 4.78 is 4.63. The van der Waals surface area contributed by atoms with Crippen molar-refractivity contribution >= 4 is 23.4 Å². The van der Waals surface area contributed by atoms with Gasteiger partial charge < -0.3 is 14.7 Å². The maximum Gasteiger partial charge on any atom is 0.320 e. The molecule has 1 aromatic carbocycles. The third-order valence-corrected chi connectivity index (χ3v) is 3.49. The summed E-state index contributed by atoms with van der Waals surface area (Å²) in [5, 5.41) is 8.90. The highest BCUT2D eigenvalue weighted by Crippen LogP contribution is 2.22. The number of amides is 3. The lowest BCUT2D eigenvalue weighted by atomic mass is 10.2. The van der Waals surface area contributed by atoms with Crippen LogP contribution in [0, 0.1) is 6.92 Å². The fourth-order valence-electron chi connectivity index (χ4n) is 2.39. The molecule has 22 heavy (non-hydrogen) atoms. The summed E-state index contributed by atoms with van der Waals surface area (Å²) in [7, 11) is 0. The van der Waals surface area contributed by atoms with Gasteiger partial charge in [-0.2, -0.15) is 0 Å². The largest absolute Gasteiger partial charge is 0.363 e. The Labute approximate surface area is 127 Å². The minimum atomic E-state index is -0.405. The Morgan fingerprint density at radius 3 is 2.77 bits per heavy atom. The van der Waals surface area contributed by atoms with Crippen molar-refractivity contribution in [2.24, 2.45) is 0 Å². The molecule has 2 aromatic rings. The first-order chi connectivity index (χ1) is 10.6. The lowest BCUT2D eigenvalue weighted by molar-refractivity contribution is -0.117. The molecule has 0 unspecified atom stereocenters. The van der Waals surface area contributed by atoms with Crippen molar-refractivity contribution in [2.45, 2.75) is 19.4 Å². The summed E-state index contributed by atoms with van der Waals surface area (Å²) in [5.74, 6) is 0.327. The molecule has 1 saturated heterocycles. The maximum atomic E-state index is 12.1. The Balaban J connectivity index is 1.59. The number of anilines is 2. The number of nitrogens with zero attached hydrogens (tertiary/aromatic N) is 2. The highest BCUT2D eigenvalue weighted by Gasteiger charge is 2.31. The summed E-state index contributed by atoms with van der Waals surface area (Å²) in [6.45, 7) is 2.45. The Morgan fingerprint density at radius 2 is 2.09 bits per heavy atom. The Kier molecular flexibility index (Phi) is 3.78. The van der Waals surface area contributed by atoms with Gasteiger partial charge in [-0.15, -0.1) is 0 Å². The molecule has 7 heteroatoms. The highest BCUT2D eigenvalue weighted by atomic mass is 16.5. The average molecular weight is 300 g/mol. The first-order valence-corrected chi connectivity index (χ1v) is 6.97. The number of urea groups is 1. The van der Waals surface area contributed by atoms with Gasteiger partial charge in [0.25, 0.3) is 0 Å². The monoisotopic (exact) mass is 300 g/mol. The van der Waals surface area contributed by atoms with E-state index in [1.165, 1.54) is 12.3 Å². The van der Waals surface area contributed by atoms with Crippen LogP contribution in [0.2, 0.25) is 0 Å². The standard InChI is InChI=1S/C15H16N4O3/c1-10-2-4-12(5-3-10)19-9-11(8-14(19)20)16-15(21)17-13-6-7-22-18-13/h2-7,11H,8-9H2,1H3,(H2,16,17,18,21)/t11-/m0/s1. The molecule has 2 N–H and O–H groups in total. The number of aromatic nitrogens is 1. The summed E-state index contributed by atoms with van der Waals surface area (Å²) in [4.78, 5) is 25.6. The quantitative estimate of drug-likeness (QED) is 0.906. The predicted octanol–water partition coefficient (Wildman–Crippen LogP) is 1.91. The number of carbonyl (C=O) groups excluding carboxylic acids is 2. The minimum absolute atomic E-state index is 0.00408. The van der Waals surface area contributed by atoms with Crippen LogP contribution in [0.1, 0.15) is 12.0 Å². The van der Waals surface area contributed by atoms with Gasteiger partial charge in [0.15, 0.2) is 5.82 Å². The van der Waals surface area contributed by atoms with Crippen LogP contribution in [0.3, 0.4) is 0 Å². The van der Waals surface area contributed by atoms with Crippen LogP contribution in [0.25, 0.3) is 0 Å². The van der Waals surface area contributed by atoms with Gasteiger partial charge in [0.1, 0.15) is 6.26 Å². The second-order valence-corrected chi connectivity index (χ2v) is 5.22. The normalized spacial score (nSPS) is 17.6. The van der Waals surface area contributed by atoms with Crippen molar-refractivity contribution < 1.29 is 14.1 Å². The third kappa shape index (κ3) is 3.08. The maximum absolute atomic E-state index is 12.1. The van der Waals surface area contributed by atoms with E-state index in [2.05, 4.69) is 20.3 Å². The molecule has 0 radical (unpaired) electrons. The van der Waals surface area contributed by atoms with Gasteiger partial charge >= 0.3 is 6.03 Å². The molecular weight excluding hydrogens is 284 g/mol. The van der Waals surface area contributed by atoms with Gasteiger partial charge in [-0.3, -0.25) is 10.1 Å². The fourth-order valence-corrected chi connectivity index (χ4v) is 2.39. The van der Waals surface area contributed by atoms with E-state index in [1.807, 2.05) is 31.2 Å². The Bertz CT molecular complexity index is 667. The number of hydrogen-bond donors (Lipinski definition) is 2. The first kappa shape index (κ1) is 14.1. The van der Waals surface area contributed by atoms with Crippen molar-refractivity contribution in [3.05, 3.63) is 42.2 Å². The van der Waals surface area contributed by atoms with Gasteiger partial charge in [0.05, 0.1) is 6.04 Å². The molecule has 0 aliphatic carbocycles. The molecule has 1 atom stereocenters. The summed E-state index contributed by atoms with van der Waals surface area (Å²) in [6.07, 6.45) is 1.65. The number of rotatable bonds is 3. The average Bonchev–Trinajstić information content (AvgIpc) is 3.10. The first-order valence-electron chi connectivity index (χ1n) is 6.97. The zero-order valence-electron chi connectivity index (χ0n) is 12.1. The molecule has 3 rings (SSSR count). The van der Waals surface area contributed by atoms with E-state index < -0.39 is 6.03 Å². The van der Waals surface area contributed by atoms with Crippen molar-refractivity contribution in [3.8, 4) is 0 Å². The minimum Gasteiger partial charge on any atom is -0.363 e. The molecule has 0 bridgehead atoms. The third-order valence-electron chi connectivity index (χ3n) is 3.49.